The van der Waals surface area contributed by atoms with E-state index in [-0.39, 0.29) is 22.4 Å². The lowest BCUT2D eigenvalue weighted by atomic mass is 9.95. The molecule has 2 aromatic heterocycles. The third-order valence-corrected chi connectivity index (χ3v) is 5.83. The molecule has 0 fully saturated rings. The van der Waals surface area contributed by atoms with Crippen LogP contribution in [-0.2, 0) is 5.75 Å². The van der Waals surface area contributed by atoms with E-state index in [0.29, 0.717) is 21.4 Å². The first-order chi connectivity index (χ1) is 15.1. The standard InChI is InChI=1S/C21H12ClN7OS/c22-17-4-2-1-3-14(17)12-5-7-13(8-6-12)19-15(9-23)20(30)25-21(16(19)10-24)31-11-18-26-28-29-27-18/h1-8H,11H2,(H,25,30)(H,26,27,28,29). The quantitative estimate of drug-likeness (QED) is 0.444. The Labute approximate surface area is 185 Å². The van der Waals surface area contributed by atoms with E-state index in [1.165, 1.54) is 11.8 Å². The molecule has 0 unspecified atom stereocenters. The van der Waals surface area contributed by atoms with Crippen LogP contribution in [-0.4, -0.2) is 25.6 Å². The van der Waals surface area contributed by atoms with E-state index in [0.717, 1.165) is 11.1 Å². The molecule has 8 nitrogen and oxygen atoms in total. The first kappa shape index (κ1) is 20.4. The van der Waals surface area contributed by atoms with Crippen molar-refractivity contribution >= 4 is 23.4 Å². The number of hydrogen-bond donors (Lipinski definition) is 2. The van der Waals surface area contributed by atoms with E-state index in [1.54, 1.807) is 18.2 Å². The summed E-state index contributed by atoms with van der Waals surface area (Å²) in [5, 5.41) is 33.9. The molecule has 0 bridgehead atoms. The third kappa shape index (κ3) is 4.05. The number of benzene rings is 2. The topological polar surface area (TPSA) is 135 Å². The van der Waals surface area contributed by atoms with Crippen molar-refractivity contribution in [3.05, 3.63) is 80.9 Å². The van der Waals surface area contributed by atoms with E-state index in [2.05, 4.69) is 31.7 Å². The summed E-state index contributed by atoms with van der Waals surface area (Å²) in [7, 11) is 0. The number of aromatic nitrogens is 5. The van der Waals surface area contributed by atoms with Gasteiger partial charge in [-0.1, -0.05) is 71.0 Å². The van der Waals surface area contributed by atoms with E-state index >= 15 is 0 Å². The summed E-state index contributed by atoms with van der Waals surface area (Å²) in [6.07, 6.45) is 0. The van der Waals surface area contributed by atoms with Crippen LogP contribution in [0, 0.1) is 22.7 Å². The molecule has 2 aromatic carbocycles. The molecule has 150 valence electrons. The maximum absolute atomic E-state index is 12.6. The van der Waals surface area contributed by atoms with Gasteiger partial charge < -0.3 is 4.98 Å². The average molecular weight is 446 g/mol. The minimum Gasteiger partial charge on any atom is -0.315 e. The smallest absolute Gasteiger partial charge is 0.267 e. The molecule has 4 aromatic rings. The molecule has 10 heteroatoms. The Bertz CT molecular complexity index is 1380. The first-order valence-corrected chi connectivity index (χ1v) is 10.3. The number of hydrogen-bond acceptors (Lipinski definition) is 7. The summed E-state index contributed by atoms with van der Waals surface area (Å²) >= 11 is 7.46. The van der Waals surface area contributed by atoms with Gasteiger partial charge in [-0.05, 0) is 17.2 Å². The Morgan fingerprint density at radius 2 is 1.71 bits per heavy atom. The van der Waals surface area contributed by atoms with Crippen molar-refractivity contribution in [1.82, 2.24) is 25.6 Å². The van der Waals surface area contributed by atoms with Crippen LogP contribution in [0.25, 0.3) is 22.3 Å². The van der Waals surface area contributed by atoms with Gasteiger partial charge in [-0.25, -0.2) is 0 Å². The molecule has 0 aliphatic heterocycles. The predicted molar refractivity (Wildman–Crippen MR) is 116 cm³/mol. The monoisotopic (exact) mass is 445 g/mol. The molecule has 4 rings (SSSR count). The maximum Gasteiger partial charge on any atom is 0.267 e. The van der Waals surface area contributed by atoms with Crippen LogP contribution in [0.15, 0.2) is 58.4 Å². The number of thioether (sulfide) groups is 1. The van der Waals surface area contributed by atoms with Gasteiger partial charge in [0.1, 0.15) is 17.7 Å². The van der Waals surface area contributed by atoms with Gasteiger partial charge in [0.05, 0.1) is 16.3 Å². The Balaban J connectivity index is 1.80. The molecule has 0 atom stereocenters. The van der Waals surface area contributed by atoms with Gasteiger partial charge in [0, 0.05) is 16.1 Å². The highest BCUT2D eigenvalue weighted by Crippen LogP contribution is 2.34. The molecular weight excluding hydrogens is 434 g/mol. The number of tetrazole rings is 1. The number of nitrogens with zero attached hydrogens (tertiary/aromatic N) is 5. The minimum absolute atomic E-state index is 0.119. The van der Waals surface area contributed by atoms with Gasteiger partial charge >= 0.3 is 0 Å². The van der Waals surface area contributed by atoms with Crippen molar-refractivity contribution in [3.63, 3.8) is 0 Å². The lowest BCUT2D eigenvalue weighted by Crippen LogP contribution is -2.15. The zero-order chi connectivity index (χ0) is 21.8. The second-order valence-electron chi connectivity index (χ2n) is 6.31. The van der Waals surface area contributed by atoms with Crippen molar-refractivity contribution in [1.29, 1.82) is 10.5 Å². The number of rotatable bonds is 5. The second kappa shape index (κ2) is 8.84. The average Bonchev–Trinajstić information content (AvgIpc) is 3.31. The number of pyridine rings is 1. The molecule has 2 heterocycles. The van der Waals surface area contributed by atoms with E-state index < -0.39 is 5.56 Å². The fraction of sp³-hybridized carbons (Fsp3) is 0.0476. The summed E-state index contributed by atoms with van der Waals surface area (Å²) in [6, 6.07) is 18.7. The largest absolute Gasteiger partial charge is 0.315 e. The van der Waals surface area contributed by atoms with Crippen molar-refractivity contribution < 1.29 is 0 Å². The summed E-state index contributed by atoms with van der Waals surface area (Å²) in [4.78, 5) is 15.2. The van der Waals surface area contributed by atoms with Gasteiger partial charge in [0.2, 0.25) is 0 Å². The van der Waals surface area contributed by atoms with E-state index in [4.69, 9.17) is 11.6 Å². The SMILES string of the molecule is N#Cc1c(SCc2nn[nH]n2)[nH]c(=O)c(C#N)c1-c1ccc(-c2ccccc2Cl)cc1. The summed E-state index contributed by atoms with van der Waals surface area (Å²) in [5.74, 6) is 0.711. The predicted octanol–water partition coefficient (Wildman–Crippen LogP) is 3.91. The zero-order valence-corrected chi connectivity index (χ0v) is 17.3. The molecular formula is C21H12ClN7OS. The van der Waals surface area contributed by atoms with Crippen molar-refractivity contribution in [2.24, 2.45) is 0 Å². The molecule has 2 N–H and O–H groups in total. The van der Waals surface area contributed by atoms with Gasteiger partial charge in [0.15, 0.2) is 5.82 Å². The Morgan fingerprint density at radius 3 is 2.35 bits per heavy atom. The summed E-state index contributed by atoms with van der Waals surface area (Å²) in [5.41, 5.74) is 2.12. The van der Waals surface area contributed by atoms with Gasteiger partial charge in [0.25, 0.3) is 5.56 Å². The van der Waals surface area contributed by atoms with Crippen LogP contribution >= 0.6 is 23.4 Å². The lowest BCUT2D eigenvalue weighted by molar-refractivity contribution is 0.881. The summed E-state index contributed by atoms with van der Waals surface area (Å²) < 4.78 is 0. The second-order valence-corrected chi connectivity index (χ2v) is 7.70. The number of aromatic amines is 2. The molecule has 31 heavy (non-hydrogen) atoms. The van der Waals surface area contributed by atoms with Crippen LogP contribution in [0.1, 0.15) is 17.0 Å². The highest BCUT2D eigenvalue weighted by atomic mass is 35.5. The van der Waals surface area contributed by atoms with Crippen LogP contribution in [0.3, 0.4) is 0 Å². The highest BCUT2D eigenvalue weighted by molar-refractivity contribution is 7.98. The van der Waals surface area contributed by atoms with Gasteiger partial charge in [-0.3, -0.25) is 4.79 Å². The number of nitriles is 2. The summed E-state index contributed by atoms with van der Waals surface area (Å²) in [6.45, 7) is 0. The van der Waals surface area contributed by atoms with Crippen molar-refractivity contribution in [2.75, 3.05) is 0 Å². The number of H-pyrrole nitrogens is 2. The van der Waals surface area contributed by atoms with Crippen LogP contribution in [0.4, 0.5) is 0 Å². The van der Waals surface area contributed by atoms with Crippen LogP contribution < -0.4 is 5.56 Å². The number of halogens is 1. The zero-order valence-electron chi connectivity index (χ0n) is 15.8. The highest BCUT2D eigenvalue weighted by Gasteiger charge is 2.20. The molecule has 0 amide bonds. The Kier molecular flexibility index (Phi) is 5.80. The maximum atomic E-state index is 12.6. The van der Waals surface area contributed by atoms with E-state index in [9.17, 15) is 15.3 Å². The van der Waals surface area contributed by atoms with Gasteiger partial charge in [-0.2, -0.15) is 15.7 Å². The molecule has 0 radical (unpaired) electrons. The van der Waals surface area contributed by atoms with Gasteiger partial charge in [-0.15, -0.1) is 10.2 Å². The Hall–Kier alpha value is -3.92. The molecule has 0 saturated heterocycles. The minimum atomic E-state index is -0.567. The van der Waals surface area contributed by atoms with E-state index in [1.807, 2.05) is 36.4 Å². The fourth-order valence-electron chi connectivity index (χ4n) is 3.08. The van der Waals surface area contributed by atoms with Crippen molar-refractivity contribution in [3.8, 4) is 34.4 Å². The lowest BCUT2D eigenvalue weighted by Gasteiger charge is -2.12. The molecule has 0 saturated carbocycles. The van der Waals surface area contributed by atoms with Crippen LogP contribution in [0.2, 0.25) is 5.02 Å². The Morgan fingerprint density at radius 1 is 1.00 bits per heavy atom. The normalized spacial score (nSPS) is 10.4. The first-order valence-electron chi connectivity index (χ1n) is 8.93. The third-order valence-electron chi connectivity index (χ3n) is 4.50. The number of nitrogens with one attached hydrogen (secondary N) is 2. The van der Waals surface area contributed by atoms with Crippen LogP contribution in [0.5, 0.6) is 0 Å². The molecule has 0 spiro atoms. The fourth-order valence-corrected chi connectivity index (χ4v) is 4.18. The molecule has 0 aliphatic carbocycles. The van der Waals surface area contributed by atoms with Crippen molar-refractivity contribution in [2.45, 2.75) is 10.8 Å². The molecule has 0 aliphatic rings.